The Morgan fingerprint density at radius 2 is 1.95 bits per heavy atom. The molecule has 0 unspecified atom stereocenters. The van der Waals surface area contributed by atoms with Crippen molar-refractivity contribution in [1.82, 2.24) is 5.43 Å². The summed E-state index contributed by atoms with van der Waals surface area (Å²) in [6.45, 7) is 2.70. The predicted molar refractivity (Wildman–Crippen MR) is 67.0 cm³/mol. The summed E-state index contributed by atoms with van der Waals surface area (Å²) in [6, 6.07) is 5.30. The number of nitrogens with zero attached hydrogens (tertiary/aromatic N) is 1. The Hall–Kier alpha value is -2.57. The van der Waals surface area contributed by atoms with Crippen LogP contribution >= 0.6 is 0 Å². The van der Waals surface area contributed by atoms with Gasteiger partial charge >= 0.3 is 11.8 Å². The van der Waals surface area contributed by atoms with E-state index in [2.05, 4.69) is 10.5 Å². The largest absolute Gasteiger partial charge is 0.486 e. The summed E-state index contributed by atoms with van der Waals surface area (Å²) < 4.78 is 10.8. The average molecular weight is 263 g/mol. The number of primary amides is 1. The molecule has 0 fully saturated rings. The maximum atomic E-state index is 11.0. The van der Waals surface area contributed by atoms with Gasteiger partial charge < -0.3 is 15.2 Å². The minimum atomic E-state index is -1.08. The van der Waals surface area contributed by atoms with Gasteiger partial charge in [-0.15, -0.1) is 0 Å². The molecule has 1 aromatic rings. The quantitative estimate of drug-likeness (QED) is 0.437. The molecule has 1 heterocycles. The lowest BCUT2D eigenvalue weighted by Gasteiger charge is -2.18. The summed E-state index contributed by atoms with van der Waals surface area (Å²) in [5.41, 5.74) is 8.12. The van der Waals surface area contributed by atoms with Crippen molar-refractivity contribution < 1.29 is 19.1 Å². The van der Waals surface area contributed by atoms with Crippen LogP contribution in [0.2, 0.25) is 0 Å². The molecule has 7 nitrogen and oxygen atoms in total. The monoisotopic (exact) mass is 263 g/mol. The zero-order chi connectivity index (χ0) is 13.8. The minimum absolute atomic E-state index is 0.491. The highest BCUT2D eigenvalue weighted by molar-refractivity contribution is 6.34. The molecule has 3 N–H and O–H groups in total. The molecule has 2 amide bonds. The molecule has 0 saturated heterocycles. The van der Waals surface area contributed by atoms with Gasteiger partial charge in [0, 0.05) is 5.56 Å². The number of hydrazone groups is 1. The van der Waals surface area contributed by atoms with Gasteiger partial charge in [-0.3, -0.25) is 9.59 Å². The van der Waals surface area contributed by atoms with Crippen LogP contribution < -0.4 is 20.6 Å². The van der Waals surface area contributed by atoms with E-state index in [1.807, 2.05) is 0 Å². The maximum absolute atomic E-state index is 11.0. The zero-order valence-electron chi connectivity index (χ0n) is 10.3. The van der Waals surface area contributed by atoms with Crippen LogP contribution in [0.3, 0.4) is 0 Å². The van der Waals surface area contributed by atoms with E-state index >= 15 is 0 Å². The number of benzene rings is 1. The molecule has 7 heteroatoms. The second-order valence-electron chi connectivity index (χ2n) is 3.86. The van der Waals surface area contributed by atoms with Gasteiger partial charge in [0.15, 0.2) is 11.5 Å². The van der Waals surface area contributed by atoms with Crippen LogP contribution in [0.1, 0.15) is 12.5 Å². The lowest BCUT2D eigenvalue weighted by atomic mass is 10.1. The number of rotatable bonds is 2. The fourth-order valence-electron chi connectivity index (χ4n) is 1.52. The Bertz CT molecular complexity index is 554. The summed E-state index contributed by atoms with van der Waals surface area (Å²) in [7, 11) is 0. The van der Waals surface area contributed by atoms with E-state index in [9.17, 15) is 9.59 Å². The number of amides is 2. The van der Waals surface area contributed by atoms with Crippen molar-refractivity contribution in [2.75, 3.05) is 13.2 Å². The molecule has 1 aromatic carbocycles. The highest BCUT2D eigenvalue weighted by Gasteiger charge is 2.13. The normalized spacial score (nSPS) is 13.8. The molecule has 19 heavy (non-hydrogen) atoms. The number of nitrogens with two attached hydrogens (primary N) is 1. The summed E-state index contributed by atoms with van der Waals surface area (Å²) >= 11 is 0. The Balaban J connectivity index is 2.15. The molecular weight excluding hydrogens is 250 g/mol. The lowest BCUT2D eigenvalue weighted by Crippen LogP contribution is -2.33. The molecule has 0 radical (unpaired) electrons. The van der Waals surface area contributed by atoms with Crippen LogP contribution in [-0.2, 0) is 9.59 Å². The third-order valence-electron chi connectivity index (χ3n) is 2.51. The van der Waals surface area contributed by atoms with E-state index in [1.54, 1.807) is 25.1 Å². The molecule has 1 aliphatic heterocycles. The van der Waals surface area contributed by atoms with Gasteiger partial charge in [-0.05, 0) is 25.1 Å². The Labute approximate surface area is 109 Å². The van der Waals surface area contributed by atoms with Crippen LogP contribution in [0, 0.1) is 0 Å². The van der Waals surface area contributed by atoms with E-state index in [1.165, 1.54) is 0 Å². The molecule has 1 aliphatic rings. The Kier molecular flexibility index (Phi) is 3.65. The standard InChI is InChI=1S/C12H13N3O4/c1-7(14-15-12(17)11(13)16)8-2-3-9-10(6-8)19-5-4-18-9/h2-3,6H,4-5H2,1H3,(H2,13,16)(H,15,17). The molecular formula is C12H13N3O4. The summed E-state index contributed by atoms with van der Waals surface area (Å²) in [6.07, 6.45) is 0. The van der Waals surface area contributed by atoms with Gasteiger partial charge in [0.2, 0.25) is 0 Å². The smallest absolute Gasteiger partial charge is 0.329 e. The first kappa shape index (κ1) is 12.9. The van der Waals surface area contributed by atoms with Crippen LogP contribution in [0.25, 0.3) is 0 Å². The number of carbonyl (C=O) groups excluding carboxylic acids is 2. The van der Waals surface area contributed by atoms with Crippen LogP contribution in [0.5, 0.6) is 11.5 Å². The first-order chi connectivity index (χ1) is 9.08. The molecule has 0 atom stereocenters. The second kappa shape index (κ2) is 5.38. The second-order valence-corrected chi connectivity index (χ2v) is 3.86. The van der Waals surface area contributed by atoms with Crippen molar-refractivity contribution in [1.29, 1.82) is 0 Å². The van der Waals surface area contributed by atoms with Crippen molar-refractivity contribution in [2.45, 2.75) is 6.92 Å². The summed E-state index contributed by atoms with van der Waals surface area (Å²) in [4.78, 5) is 21.5. The van der Waals surface area contributed by atoms with Gasteiger partial charge in [0.1, 0.15) is 13.2 Å². The van der Waals surface area contributed by atoms with Crippen molar-refractivity contribution in [2.24, 2.45) is 10.8 Å². The van der Waals surface area contributed by atoms with Crippen molar-refractivity contribution in [3.8, 4) is 11.5 Å². The fraction of sp³-hybridized carbons (Fsp3) is 0.250. The first-order valence-electron chi connectivity index (χ1n) is 5.62. The average Bonchev–Trinajstić information content (AvgIpc) is 2.43. The molecule has 2 rings (SSSR count). The van der Waals surface area contributed by atoms with Gasteiger partial charge in [0.25, 0.3) is 0 Å². The van der Waals surface area contributed by atoms with Crippen LogP contribution in [0.15, 0.2) is 23.3 Å². The van der Waals surface area contributed by atoms with Crippen LogP contribution in [0.4, 0.5) is 0 Å². The number of hydrogen-bond acceptors (Lipinski definition) is 5. The number of fused-ring (bicyclic) bond motifs is 1. The number of nitrogens with one attached hydrogen (secondary N) is 1. The maximum Gasteiger partial charge on any atom is 0.329 e. The van der Waals surface area contributed by atoms with E-state index in [0.29, 0.717) is 30.4 Å². The van der Waals surface area contributed by atoms with Crippen molar-refractivity contribution >= 4 is 17.5 Å². The van der Waals surface area contributed by atoms with E-state index in [4.69, 9.17) is 15.2 Å². The van der Waals surface area contributed by atoms with Gasteiger partial charge in [0.05, 0.1) is 5.71 Å². The van der Waals surface area contributed by atoms with E-state index in [-0.39, 0.29) is 0 Å². The molecule has 0 saturated carbocycles. The predicted octanol–water partition coefficient (Wildman–Crippen LogP) is -0.217. The zero-order valence-corrected chi connectivity index (χ0v) is 10.3. The highest BCUT2D eigenvalue weighted by Crippen LogP contribution is 2.30. The molecule has 0 bridgehead atoms. The van der Waals surface area contributed by atoms with Gasteiger partial charge in [-0.2, -0.15) is 5.10 Å². The molecule has 0 aliphatic carbocycles. The van der Waals surface area contributed by atoms with Gasteiger partial charge in [-0.25, -0.2) is 5.43 Å². The number of ether oxygens (including phenoxy) is 2. The minimum Gasteiger partial charge on any atom is -0.486 e. The van der Waals surface area contributed by atoms with Crippen LogP contribution in [-0.4, -0.2) is 30.7 Å². The number of hydrogen-bond donors (Lipinski definition) is 2. The van der Waals surface area contributed by atoms with E-state index < -0.39 is 11.8 Å². The lowest BCUT2D eigenvalue weighted by molar-refractivity contribution is -0.137. The molecule has 0 spiro atoms. The SMILES string of the molecule is CC(=NNC(=O)C(N)=O)c1ccc2c(c1)OCCO2. The first-order valence-corrected chi connectivity index (χ1v) is 5.62. The third kappa shape index (κ3) is 3.01. The van der Waals surface area contributed by atoms with Gasteiger partial charge in [-0.1, -0.05) is 0 Å². The Morgan fingerprint density at radius 1 is 1.26 bits per heavy atom. The van der Waals surface area contributed by atoms with Crippen molar-refractivity contribution in [3.05, 3.63) is 23.8 Å². The Morgan fingerprint density at radius 3 is 2.63 bits per heavy atom. The fourth-order valence-corrected chi connectivity index (χ4v) is 1.52. The summed E-state index contributed by atoms with van der Waals surface area (Å²) in [5.74, 6) is -0.751. The highest BCUT2D eigenvalue weighted by atomic mass is 16.6. The van der Waals surface area contributed by atoms with Crippen molar-refractivity contribution in [3.63, 3.8) is 0 Å². The molecule has 0 aromatic heterocycles. The summed E-state index contributed by atoms with van der Waals surface area (Å²) in [5, 5.41) is 3.78. The topological polar surface area (TPSA) is 103 Å². The third-order valence-corrected chi connectivity index (χ3v) is 2.51. The van der Waals surface area contributed by atoms with E-state index in [0.717, 1.165) is 5.56 Å². The number of carbonyl (C=O) groups is 2. The molecule has 100 valence electrons.